The highest BCUT2D eigenvalue weighted by molar-refractivity contribution is 9.10. The fourth-order valence-electron chi connectivity index (χ4n) is 4.93. The van der Waals surface area contributed by atoms with Gasteiger partial charge < -0.3 is 4.74 Å². The van der Waals surface area contributed by atoms with Crippen LogP contribution >= 0.6 is 15.9 Å². The van der Waals surface area contributed by atoms with Crippen molar-refractivity contribution in [3.8, 4) is 5.75 Å². The summed E-state index contributed by atoms with van der Waals surface area (Å²) in [5.41, 5.74) is -0.266. The van der Waals surface area contributed by atoms with Crippen LogP contribution in [0.25, 0.3) is 0 Å². The molecule has 3 unspecified atom stereocenters. The maximum Gasteiger partial charge on any atom is 0.326 e. The van der Waals surface area contributed by atoms with Gasteiger partial charge in [-0.3, -0.25) is 14.4 Å². The van der Waals surface area contributed by atoms with Gasteiger partial charge in [-0.15, -0.1) is 0 Å². The number of hydrogen-bond donors (Lipinski definition) is 0. The van der Waals surface area contributed by atoms with Gasteiger partial charge in [0, 0.05) is 21.5 Å². The molecule has 4 nitrogen and oxygen atoms in total. The number of rotatable bonds is 4. The second-order valence-corrected chi connectivity index (χ2v) is 8.30. The van der Waals surface area contributed by atoms with Gasteiger partial charge in [0.25, 0.3) is 0 Å². The first-order valence-electron chi connectivity index (χ1n) is 8.95. The summed E-state index contributed by atoms with van der Waals surface area (Å²) in [5, 5.41) is 0. The highest BCUT2D eigenvalue weighted by Crippen LogP contribution is 2.80. The second-order valence-electron chi connectivity index (χ2n) is 7.39. The van der Waals surface area contributed by atoms with Gasteiger partial charge in [0.1, 0.15) is 16.9 Å². The molecule has 4 rings (SSSR count). The predicted octanol–water partition coefficient (Wildman–Crippen LogP) is 4.63. The average molecular weight is 427 g/mol. The molecule has 2 aliphatic rings. The number of carbonyl (C=O) groups excluding carboxylic acids is 3. The van der Waals surface area contributed by atoms with Crippen molar-refractivity contribution >= 4 is 33.5 Å². The normalized spacial score (nSPS) is 28.0. The van der Waals surface area contributed by atoms with E-state index in [2.05, 4.69) is 15.9 Å². The SMILES string of the molecule is CCC1(C(=O)c2ccc(C)cc2)C2c3cc(Br)ccc3OC(=O)C21C(C)=O. The van der Waals surface area contributed by atoms with Crippen LogP contribution in [0.2, 0.25) is 0 Å². The van der Waals surface area contributed by atoms with Crippen LogP contribution in [0.15, 0.2) is 46.9 Å². The summed E-state index contributed by atoms with van der Waals surface area (Å²) >= 11 is 3.45. The Morgan fingerprint density at radius 3 is 2.41 bits per heavy atom. The van der Waals surface area contributed by atoms with Crippen molar-refractivity contribution in [1.29, 1.82) is 0 Å². The zero-order valence-electron chi connectivity index (χ0n) is 15.3. The molecule has 0 radical (unpaired) electrons. The van der Waals surface area contributed by atoms with Gasteiger partial charge in [0.2, 0.25) is 0 Å². The van der Waals surface area contributed by atoms with E-state index in [0.717, 1.165) is 15.6 Å². The van der Waals surface area contributed by atoms with Crippen LogP contribution in [-0.2, 0) is 9.59 Å². The maximum absolute atomic E-state index is 13.6. The Hall–Kier alpha value is -2.27. The van der Waals surface area contributed by atoms with Crippen molar-refractivity contribution in [3.63, 3.8) is 0 Å². The van der Waals surface area contributed by atoms with Gasteiger partial charge in [-0.2, -0.15) is 0 Å². The molecule has 1 aliphatic carbocycles. The Balaban J connectivity index is 1.95. The van der Waals surface area contributed by atoms with E-state index in [4.69, 9.17) is 4.74 Å². The van der Waals surface area contributed by atoms with Crippen molar-refractivity contribution in [2.24, 2.45) is 10.8 Å². The van der Waals surface area contributed by atoms with Crippen LogP contribution in [0.3, 0.4) is 0 Å². The number of benzene rings is 2. The molecule has 3 atom stereocenters. The van der Waals surface area contributed by atoms with Gasteiger partial charge >= 0.3 is 5.97 Å². The third-order valence-electron chi connectivity index (χ3n) is 6.19. The summed E-state index contributed by atoms with van der Waals surface area (Å²) in [6.07, 6.45) is 0.380. The first kappa shape index (κ1) is 18.1. The largest absolute Gasteiger partial charge is 0.425 e. The molecule has 1 heterocycles. The monoisotopic (exact) mass is 426 g/mol. The summed E-state index contributed by atoms with van der Waals surface area (Å²) < 4.78 is 6.35. The molecule has 27 heavy (non-hydrogen) atoms. The zero-order valence-corrected chi connectivity index (χ0v) is 16.9. The van der Waals surface area contributed by atoms with Crippen LogP contribution in [0, 0.1) is 17.8 Å². The van der Waals surface area contributed by atoms with E-state index in [0.29, 0.717) is 17.7 Å². The number of hydrogen-bond acceptors (Lipinski definition) is 4. The molecule has 0 spiro atoms. The van der Waals surface area contributed by atoms with Crippen molar-refractivity contribution in [3.05, 3.63) is 63.6 Å². The van der Waals surface area contributed by atoms with Gasteiger partial charge in [0.05, 0.1) is 5.41 Å². The average Bonchev–Trinajstić information content (AvgIpc) is 3.29. The third-order valence-corrected chi connectivity index (χ3v) is 6.68. The molecule has 138 valence electrons. The van der Waals surface area contributed by atoms with Gasteiger partial charge in [0.15, 0.2) is 5.78 Å². The molecule has 0 bridgehead atoms. The Bertz CT molecular complexity index is 994. The smallest absolute Gasteiger partial charge is 0.326 e. The van der Waals surface area contributed by atoms with Crippen LogP contribution in [0.4, 0.5) is 0 Å². The molecule has 2 aromatic rings. The summed E-state index contributed by atoms with van der Waals surface area (Å²) in [4.78, 5) is 39.4. The lowest BCUT2D eigenvalue weighted by Crippen LogP contribution is -2.38. The van der Waals surface area contributed by atoms with Gasteiger partial charge in [-0.25, -0.2) is 0 Å². The van der Waals surface area contributed by atoms with Crippen molar-refractivity contribution in [2.45, 2.75) is 33.1 Å². The fraction of sp³-hybridized carbons (Fsp3) is 0.318. The molecule has 2 aromatic carbocycles. The minimum atomic E-state index is -1.45. The summed E-state index contributed by atoms with van der Waals surface area (Å²) in [5.74, 6) is -1.18. The minimum Gasteiger partial charge on any atom is -0.425 e. The third kappa shape index (κ3) is 2.12. The van der Waals surface area contributed by atoms with E-state index >= 15 is 0 Å². The highest BCUT2D eigenvalue weighted by Gasteiger charge is 2.87. The molecule has 1 saturated carbocycles. The summed E-state index contributed by atoms with van der Waals surface area (Å²) in [7, 11) is 0. The van der Waals surface area contributed by atoms with E-state index in [1.54, 1.807) is 24.3 Å². The lowest BCUT2D eigenvalue weighted by atomic mass is 9.81. The first-order chi connectivity index (χ1) is 12.8. The molecule has 0 amide bonds. The first-order valence-corrected chi connectivity index (χ1v) is 9.74. The molecular weight excluding hydrogens is 408 g/mol. The number of fused-ring (bicyclic) bond motifs is 3. The number of esters is 1. The number of aryl methyl sites for hydroxylation is 1. The van der Waals surface area contributed by atoms with E-state index in [1.807, 2.05) is 32.0 Å². The Morgan fingerprint density at radius 1 is 1.15 bits per heavy atom. The standard InChI is InChI=1S/C22H19BrO4/c1-4-21(19(25)14-7-5-12(2)6-8-14)18-16-11-15(23)9-10-17(16)27-20(26)22(18,21)13(3)24/h5-11,18H,4H2,1-3H3. The molecule has 1 aliphatic heterocycles. The topological polar surface area (TPSA) is 60.4 Å². The van der Waals surface area contributed by atoms with Crippen LogP contribution in [0.5, 0.6) is 5.75 Å². The second kappa shape index (κ2) is 5.86. The van der Waals surface area contributed by atoms with Crippen molar-refractivity contribution in [2.75, 3.05) is 0 Å². The molecule has 5 heteroatoms. The van der Waals surface area contributed by atoms with Gasteiger partial charge in [-0.1, -0.05) is 52.7 Å². The highest BCUT2D eigenvalue weighted by atomic mass is 79.9. The lowest BCUT2D eigenvalue weighted by molar-refractivity contribution is -0.148. The molecule has 1 fully saturated rings. The predicted molar refractivity (Wildman–Crippen MR) is 104 cm³/mol. The number of carbonyl (C=O) groups is 3. The Kier molecular flexibility index (Phi) is 3.93. The number of ketones is 2. The van der Waals surface area contributed by atoms with E-state index < -0.39 is 22.7 Å². The number of Topliss-reactive ketones (excluding diaryl/α,β-unsaturated/α-hetero) is 2. The number of halogens is 1. The van der Waals surface area contributed by atoms with E-state index in [-0.39, 0.29) is 11.6 Å². The molecule has 0 aromatic heterocycles. The van der Waals surface area contributed by atoms with Crippen LogP contribution in [-0.4, -0.2) is 17.5 Å². The lowest BCUT2D eigenvalue weighted by Gasteiger charge is -2.22. The van der Waals surface area contributed by atoms with E-state index in [1.165, 1.54) is 6.92 Å². The van der Waals surface area contributed by atoms with Crippen LogP contribution in [0.1, 0.15) is 47.7 Å². The maximum atomic E-state index is 13.6. The van der Waals surface area contributed by atoms with Crippen molar-refractivity contribution in [1.82, 2.24) is 0 Å². The van der Waals surface area contributed by atoms with Gasteiger partial charge in [-0.05, 0) is 38.5 Å². The molecule has 0 saturated heterocycles. The zero-order chi connectivity index (χ0) is 19.6. The quantitative estimate of drug-likeness (QED) is 0.309. The van der Waals surface area contributed by atoms with Crippen LogP contribution < -0.4 is 4.74 Å². The van der Waals surface area contributed by atoms with Crippen molar-refractivity contribution < 1.29 is 19.1 Å². The molecular formula is C22H19BrO4. The summed E-state index contributed by atoms with van der Waals surface area (Å²) in [6, 6.07) is 12.6. The molecule has 0 N–H and O–H groups in total. The van der Waals surface area contributed by atoms with E-state index in [9.17, 15) is 14.4 Å². The Morgan fingerprint density at radius 2 is 1.81 bits per heavy atom. The summed E-state index contributed by atoms with van der Waals surface area (Å²) in [6.45, 7) is 5.19. The number of ether oxygens (including phenoxy) is 1. The Labute approximate surface area is 166 Å². The fourth-order valence-corrected chi connectivity index (χ4v) is 5.31. The minimum absolute atomic E-state index is 0.171.